The lowest BCUT2D eigenvalue weighted by atomic mass is 9.91. The van der Waals surface area contributed by atoms with Crippen LogP contribution in [0.2, 0.25) is 0 Å². The van der Waals surface area contributed by atoms with E-state index in [-0.39, 0.29) is 5.91 Å². The maximum atomic E-state index is 12.8. The number of piperidine rings is 1. The van der Waals surface area contributed by atoms with Gasteiger partial charge in [-0.05, 0) is 61.4 Å². The first kappa shape index (κ1) is 21.2. The van der Waals surface area contributed by atoms with Gasteiger partial charge in [0, 0.05) is 31.4 Å². The van der Waals surface area contributed by atoms with Gasteiger partial charge in [-0.3, -0.25) is 14.8 Å². The van der Waals surface area contributed by atoms with Crippen LogP contribution in [-0.4, -0.2) is 73.3 Å². The number of H-pyrrole nitrogens is 1. The van der Waals surface area contributed by atoms with E-state index in [9.17, 15) is 4.79 Å². The second-order valence-electron chi connectivity index (χ2n) is 9.71. The molecule has 4 heterocycles. The number of carbonyl (C=O) groups is 1. The topological polar surface area (TPSA) is 103 Å². The molecule has 2 aliphatic heterocycles. The molecular weight excluding hydrogens is 428 g/mol. The first-order chi connectivity index (χ1) is 16.7. The number of anilines is 1. The van der Waals surface area contributed by atoms with E-state index >= 15 is 0 Å². The minimum atomic E-state index is 0.180. The summed E-state index contributed by atoms with van der Waals surface area (Å²) in [5, 5.41) is 14.4. The summed E-state index contributed by atoms with van der Waals surface area (Å²) in [7, 11) is 0. The first-order valence-electron chi connectivity index (χ1n) is 12.3. The van der Waals surface area contributed by atoms with E-state index in [1.54, 1.807) is 0 Å². The molecule has 0 unspecified atom stereocenters. The average Bonchev–Trinajstić information content (AvgIpc) is 3.51. The van der Waals surface area contributed by atoms with Crippen molar-refractivity contribution in [3.8, 4) is 0 Å². The molecule has 2 N–H and O–H groups in total. The predicted molar refractivity (Wildman–Crippen MR) is 127 cm³/mol. The summed E-state index contributed by atoms with van der Waals surface area (Å²) >= 11 is 0. The lowest BCUT2D eigenvalue weighted by Crippen LogP contribution is -2.44. The third kappa shape index (κ3) is 4.40. The van der Waals surface area contributed by atoms with Crippen LogP contribution in [0.3, 0.4) is 0 Å². The molecule has 176 valence electrons. The van der Waals surface area contributed by atoms with Crippen molar-refractivity contribution in [1.29, 1.82) is 0 Å². The van der Waals surface area contributed by atoms with E-state index < -0.39 is 0 Å². The van der Waals surface area contributed by atoms with Crippen LogP contribution in [0.4, 0.5) is 5.95 Å². The van der Waals surface area contributed by atoms with Crippen LogP contribution in [0.25, 0.3) is 0 Å². The summed E-state index contributed by atoms with van der Waals surface area (Å²) in [6.07, 6.45) is 8.85. The van der Waals surface area contributed by atoms with Gasteiger partial charge in [0.05, 0.1) is 18.8 Å². The molecule has 3 aliphatic rings. The molecule has 9 heteroatoms. The molecule has 0 spiro atoms. The number of aromatic amines is 1. The molecule has 0 radical (unpaired) electrons. The number of hydrogen-bond donors (Lipinski definition) is 2. The number of aromatic nitrogens is 5. The standard InChI is InChI=1S/C25H30N8O/c34-24(33-10-7-22-23(15-33)30-31-29-22)16-32-8-5-17(6-9-32)20-13-26-25(27-14-20)28-21-11-18-3-1-2-4-19(18)12-21/h1-4,13-14,17,21H,5-12,15-16H2,(H,26,27,28)(H,29,30,31). The lowest BCUT2D eigenvalue weighted by molar-refractivity contribution is -0.133. The fourth-order valence-corrected chi connectivity index (χ4v) is 5.50. The van der Waals surface area contributed by atoms with Crippen molar-refractivity contribution in [3.63, 3.8) is 0 Å². The van der Waals surface area contributed by atoms with Gasteiger partial charge in [-0.15, -0.1) is 5.10 Å². The number of nitrogens with one attached hydrogen (secondary N) is 2. The summed E-state index contributed by atoms with van der Waals surface area (Å²) in [4.78, 5) is 26.2. The van der Waals surface area contributed by atoms with Crippen molar-refractivity contribution in [2.45, 2.75) is 50.6 Å². The highest BCUT2D eigenvalue weighted by atomic mass is 16.2. The zero-order valence-corrected chi connectivity index (χ0v) is 19.3. The molecule has 0 bridgehead atoms. The van der Waals surface area contributed by atoms with Gasteiger partial charge in [-0.2, -0.15) is 0 Å². The first-order valence-corrected chi connectivity index (χ1v) is 12.3. The number of fused-ring (bicyclic) bond motifs is 2. The van der Waals surface area contributed by atoms with Gasteiger partial charge in [-0.25, -0.2) is 9.97 Å². The molecule has 0 saturated carbocycles. The third-order valence-corrected chi connectivity index (χ3v) is 7.50. The number of nitrogens with zero attached hydrogens (tertiary/aromatic N) is 6. The van der Waals surface area contributed by atoms with Crippen molar-refractivity contribution in [2.24, 2.45) is 0 Å². The Balaban J connectivity index is 0.977. The number of carbonyl (C=O) groups excluding carboxylic acids is 1. The van der Waals surface area contributed by atoms with Crippen molar-refractivity contribution >= 4 is 11.9 Å². The van der Waals surface area contributed by atoms with E-state index in [0.717, 1.165) is 63.1 Å². The summed E-state index contributed by atoms with van der Waals surface area (Å²) in [6.45, 7) is 3.60. The van der Waals surface area contributed by atoms with E-state index in [4.69, 9.17) is 0 Å². The van der Waals surface area contributed by atoms with Crippen LogP contribution in [0, 0.1) is 0 Å². The third-order valence-electron chi connectivity index (χ3n) is 7.50. The molecule has 1 amide bonds. The smallest absolute Gasteiger partial charge is 0.237 e. The fraction of sp³-hybridized carbons (Fsp3) is 0.480. The Morgan fingerprint density at radius 3 is 2.53 bits per heavy atom. The van der Waals surface area contributed by atoms with Gasteiger partial charge in [0.25, 0.3) is 0 Å². The quantitative estimate of drug-likeness (QED) is 0.602. The minimum absolute atomic E-state index is 0.180. The monoisotopic (exact) mass is 458 g/mol. The largest absolute Gasteiger partial charge is 0.351 e. The Bertz CT molecular complexity index is 1130. The zero-order chi connectivity index (χ0) is 22.9. The average molecular weight is 459 g/mol. The van der Waals surface area contributed by atoms with Crippen LogP contribution in [0.15, 0.2) is 36.7 Å². The Morgan fingerprint density at radius 2 is 1.79 bits per heavy atom. The van der Waals surface area contributed by atoms with Crippen LogP contribution in [0.1, 0.15) is 46.8 Å². The van der Waals surface area contributed by atoms with Crippen molar-refractivity contribution < 1.29 is 4.79 Å². The normalized spacial score (nSPS) is 19.1. The summed E-state index contributed by atoms with van der Waals surface area (Å²) in [5.74, 6) is 1.34. The van der Waals surface area contributed by atoms with Gasteiger partial charge >= 0.3 is 0 Å². The number of likely N-dealkylation sites (tertiary alicyclic amines) is 1. The molecule has 1 aromatic carbocycles. The Kier molecular flexibility index (Phi) is 5.70. The lowest BCUT2D eigenvalue weighted by Gasteiger charge is -2.33. The maximum Gasteiger partial charge on any atom is 0.237 e. The van der Waals surface area contributed by atoms with Gasteiger partial charge in [-0.1, -0.05) is 29.5 Å². The summed E-state index contributed by atoms with van der Waals surface area (Å²) in [6, 6.07) is 8.99. The number of hydrogen-bond acceptors (Lipinski definition) is 7. The maximum absolute atomic E-state index is 12.8. The highest BCUT2D eigenvalue weighted by molar-refractivity contribution is 5.78. The minimum Gasteiger partial charge on any atom is -0.351 e. The molecule has 3 aromatic rings. The van der Waals surface area contributed by atoms with E-state index in [1.165, 1.54) is 16.7 Å². The second kappa shape index (κ2) is 9.13. The van der Waals surface area contributed by atoms with Crippen molar-refractivity contribution in [2.75, 3.05) is 31.5 Å². The van der Waals surface area contributed by atoms with Crippen LogP contribution < -0.4 is 5.32 Å². The molecule has 34 heavy (non-hydrogen) atoms. The van der Waals surface area contributed by atoms with Gasteiger partial charge in [0.15, 0.2) is 0 Å². The zero-order valence-electron chi connectivity index (χ0n) is 19.3. The molecule has 9 nitrogen and oxygen atoms in total. The van der Waals surface area contributed by atoms with Crippen LogP contribution >= 0.6 is 0 Å². The van der Waals surface area contributed by atoms with Crippen molar-refractivity contribution in [1.82, 2.24) is 35.2 Å². The van der Waals surface area contributed by atoms with E-state index in [1.807, 2.05) is 17.3 Å². The Labute approximate surface area is 199 Å². The van der Waals surface area contributed by atoms with Crippen LogP contribution in [0.5, 0.6) is 0 Å². The molecule has 6 rings (SSSR count). The van der Waals surface area contributed by atoms with Crippen molar-refractivity contribution in [3.05, 3.63) is 64.7 Å². The molecule has 1 aliphatic carbocycles. The number of benzene rings is 1. The van der Waals surface area contributed by atoms with Gasteiger partial charge in [0.2, 0.25) is 11.9 Å². The van der Waals surface area contributed by atoms with E-state index in [0.29, 0.717) is 31.0 Å². The van der Waals surface area contributed by atoms with Gasteiger partial charge < -0.3 is 10.2 Å². The molecule has 1 fully saturated rings. The van der Waals surface area contributed by atoms with E-state index in [2.05, 4.69) is 59.9 Å². The molecule has 0 atom stereocenters. The molecular formula is C25H30N8O. The molecule has 1 saturated heterocycles. The summed E-state index contributed by atoms with van der Waals surface area (Å²) < 4.78 is 0. The Morgan fingerprint density at radius 1 is 1.06 bits per heavy atom. The Hall–Kier alpha value is -3.33. The highest BCUT2D eigenvalue weighted by Crippen LogP contribution is 2.28. The SMILES string of the molecule is O=C(CN1CCC(c2cnc(NC3Cc4ccccc4C3)nc2)CC1)N1CCc2[nH]nnc2C1. The predicted octanol–water partition coefficient (Wildman–Crippen LogP) is 1.94. The van der Waals surface area contributed by atoms with Crippen LogP contribution in [-0.2, 0) is 30.6 Å². The highest BCUT2D eigenvalue weighted by Gasteiger charge is 2.27. The second-order valence-corrected chi connectivity index (χ2v) is 9.71. The van der Waals surface area contributed by atoms with Gasteiger partial charge in [0.1, 0.15) is 5.69 Å². The molecule has 2 aromatic heterocycles. The number of amides is 1. The number of rotatable bonds is 5. The fourth-order valence-electron chi connectivity index (χ4n) is 5.50. The summed E-state index contributed by atoms with van der Waals surface area (Å²) in [5.41, 5.74) is 5.99.